The number of anilines is 2. The van der Waals surface area contributed by atoms with Crippen molar-refractivity contribution in [2.45, 2.75) is 44.2 Å². The molecule has 0 radical (unpaired) electrons. The summed E-state index contributed by atoms with van der Waals surface area (Å²) in [6, 6.07) is 9.33. The van der Waals surface area contributed by atoms with Crippen LogP contribution in [0.2, 0.25) is 0 Å². The first-order valence-corrected chi connectivity index (χ1v) is 13.6. The summed E-state index contributed by atoms with van der Waals surface area (Å²) in [4.78, 5) is 7.05. The summed E-state index contributed by atoms with van der Waals surface area (Å²) in [5.74, 6) is 1.32. The molecule has 0 aliphatic carbocycles. The van der Waals surface area contributed by atoms with E-state index in [1.807, 2.05) is 26.0 Å². The Labute approximate surface area is 212 Å². The first kappa shape index (κ1) is 26.1. The van der Waals surface area contributed by atoms with Gasteiger partial charge in [-0.15, -0.1) is 0 Å². The third kappa shape index (κ3) is 5.69. The van der Waals surface area contributed by atoms with Crippen LogP contribution in [0.4, 0.5) is 11.7 Å². The number of oxazole rings is 1. The first-order valence-electron chi connectivity index (χ1n) is 12.2. The molecule has 10 nitrogen and oxygen atoms in total. The lowest BCUT2D eigenvalue weighted by atomic mass is 10.0. The van der Waals surface area contributed by atoms with Crippen LogP contribution in [0.5, 0.6) is 11.5 Å². The van der Waals surface area contributed by atoms with E-state index in [2.05, 4.69) is 15.2 Å². The highest BCUT2D eigenvalue weighted by atomic mass is 32.2. The first-order chi connectivity index (χ1) is 17.2. The number of hydrogen-bond donors (Lipinski definition) is 2. The fraction of sp³-hybridized carbons (Fsp3) is 0.480. The molecule has 3 N–H and O–H groups in total. The highest BCUT2D eigenvalue weighted by molar-refractivity contribution is 7.89. The number of nitrogens with two attached hydrogens (primary N) is 1. The number of aromatic nitrogens is 1. The Morgan fingerprint density at radius 3 is 2.33 bits per heavy atom. The van der Waals surface area contributed by atoms with Crippen LogP contribution in [0.3, 0.4) is 0 Å². The van der Waals surface area contributed by atoms with Crippen LogP contribution >= 0.6 is 0 Å². The summed E-state index contributed by atoms with van der Waals surface area (Å²) in [5.41, 5.74) is 8.90. The minimum atomic E-state index is -3.53. The fourth-order valence-corrected chi connectivity index (χ4v) is 5.23. The smallest absolute Gasteiger partial charge is 0.295 e. The maximum atomic E-state index is 12.4. The predicted octanol–water partition coefficient (Wildman–Crippen LogP) is 3.53. The van der Waals surface area contributed by atoms with Crippen LogP contribution in [0, 0.1) is 0 Å². The van der Waals surface area contributed by atoms with Gasteiger partial charge in [0.2, 0.25) is 10.0 Å². The summed E-state index contributed by atoms with van der Waals surface area (Å²) >= 11 is 0. The maximum Gasteiger partial charge on any atom is 0.295 e. The van der Waals surface area contributed by atoms with E-state index < -0.39 is 10.0 Å². The zero-order chi connectivity index (χ0) is 25.9. The van der Waals surface area contributed by atoms with Crippen molar-refractivity contribution < 1.29 is 22.3 Å². The summed E-state index contributed by atoms with van der Waals surface area (Å²) in [6.45, 7) is 7.54. The molecule has 0 amide bonds. The van der Waals surface area contributed by atoms with E-state index in [4.69, 9.17) is 19.6 Å². The Bertz CT molecular complexity index is 1270. The second kappa shape index (κ2) is 10.9. The van der Waals surface area contributed by atoms with Gasteiger partial charge in [-0.05, 0) is 62.6 Å². The zero-order valence-electron chi connectivity index (χ0n) is 21.3. The standard InChI is InChI=1S/C25H35N5O5S/c1-5-33-22-13-17(14-23(24(22)26)34-6-2)16-30-11-9-18(10-12-30)27-25-28-20-15-19(7-8-21(20)35-25)36(31,32)29(3)4/h7-8,13-15,18H,5-6,9-12,16,26H2,1-4H3,(H,27,28). The van der Waals surface area contributed by atoms with Crippen LogP contribution in [-0.4, -0.2) is 69.0 Å². The quantitative estimate of drug-likeness (QED) is 0.389. The average Bonchev–Trinajstić information content (AvgIpc) is 3.25. The van der Waals surface area contributed by atoms with Crippen LogP contribution in [0.15, 0.2) is 39.6 Å². The second-order valence-electron chi connectivity index (χ2n) is 9.00. The minimum Gasteiger partial charge on any atom is -0.492 e. The van der Waals surface area contributed by atoms with E-state index in [0.717, 1.165) is 38.0 Å². The molecule has 196 valence electrons. The number of likely N-dealkylation sites (tertiary alicyclic amines) is 1. The van der Waals surface area contributed by atoms with Crippen molar-refractivity contribution in [3.8, 4) is 11.5 Å². The van der Waals surface area contributed by atoms with Crippen LogP contribution < -0.4 is 20.5 Å². The van der Waals surface area contributed by atoms with Gasteiger partial charge in [0.15, 0.2) is 5.58 Å². The molecule has 11 heteroatoms. The SMILES string of the molecule is CCOc1cc(CN2CCC(Nc3nc4cc(S(=O)(=O)N(C)C)ccc4o3)CC2)cc(OCC)c1N. The molecule has 0 atom stereocenters. The normalized spacial score (nSPS) is 15.5. The summed E-state index contributed by atoms with van der Waals surface area (Å²) in [6.07, 6.45) is 1.84. The zero-order valence-corrected chi connectivity index (χ0v) is 22.1. The third-order valence-electron chi connectivity index (χ3n) is 6.22. The Morgan fingerprint density at radius 2 is 1.75 bits per heavy atom. The molecular formula is C25H35N5O5S. The van der Waals surface area contributed by atoms with Crippen molar-refractivity contribution in [3.63, 3.8) is 0 Å². The van der Waals surface area contributed by atoms with Gasteiger partial charge in [0.1, 0.15) is 22.7 Å². The molecular weight excluding hydrogens is 482 g/mol. The van der Waals surface area contributed by atoms with Gasteiger partial charge < -0.3 is 24.9 Å². The largest absolute Gasteiger partial charge is 0.492 e. The topological polar surface area (TPSA) is 123 Å². The Hall–Kier alpha value is -3.02. The van der Waals surface area contributed by atoms with Gasteiger partial charge in [0, 0.05) is 39.8 Å². The lowest BCUT2D eigenvalue weighted by Crippen LogP contribution is -2.38. The molecule has 1 fully saturated rings. The number of hydrogen-bond acceptors (Lipinski definition) is 9. The number of fused-ring (bicyclic) bond motifs is 1. The molecule has 0 bridgehead atoms. The van der Waals surface area contributed by atoms with E-state index in [1.54, 1.807) is 12.1 Å². The average molecular weight is 518 g/mol. The van der Waals surface area contributed by atoms with Gasteiger partial charge in [-0.25, -0.2) is 12.7 Å². The number of nitrogen functional groups attached to an aromatic ring is 1. The van der Waals surface area contributed by atoms with Gasteiger partial charge in [-0.2, -0.15) is 4.98 Å². The van der Waals surface area contributed by atoms with Crippen molar-refractivity contribution >= 4 is 32.8 Å². The van der Waals surface area contributed by atoms with Gasteiger partial charge in [0.05, 0.1) is 18.1 Å². The van der Waals surface area contributed by atoms with E-state index in [-0.39, 0.29) is 10.9 Å². The number of ether oxygens (including phenoxy) is 2. The Morgan fingerprint density at radius 1 is 1.11 bits per heavy atom. The van der Waals surface area contributed by atoms with Crippen molar-refractivity contribution in [2.75, 3.05) is 51.4 Å². The minimum absolute atomic E-state index is 0.191. The number of piperidine rings is 1. The van der Waals surface area contributed by atoms with Gasteiger partial charge in [-0.3, -0.25) is 4.90 Å². The van der Waals surface area contributed by atoms with E-state index in [1.165, 1.54) is 24.5 Å². The molecule has 1 aliphatic heterocycles. The lowest BCUT2D eigenvalue weighted by Gasteiger charge is -2.32. The Kier molecular flexibility index (Phi) is 7.91. The predicted molar refractivity (Wildman–Crippen MR) is 140 cm³/mol. The molecule has 1 saturated heterocycles. The maximum absolute atomic E-state index is 12.4. The summed E-state index contributed by atoms with van der Waals surface area (Å²) < 4.78 is 43.2. The second-order valence-corrected chi connectivity index (χ2v) is 11.2. The molecule has 2 aromatic carbocycles. The van der Waals surface area contributed by atoms with E-state index in [9.17, 15) is 8.42 Å². The molecule has 1 aromatic heterocycles. The third-order valence-corrected chi connectivity index (χ3v) is 8.03. The summed E-state index contributed by atoms with van der Waals surface area (Å²) in [5, 5.41) is 3.37. The Balaban J connectivity index is 1.38. The van der Waals surface area contributed by atoms with Crippen LogP contribution in [-0.2, 0) is 16.6 Å². The molecule has 2 heterocycles. The summed E-state index contributed by atoms with van der Waals surface area (Å²) in [7, 11) is -0.521. The highest BCUT2D eigenvalue weighted by Crippen LogP contribution is 2.34. The van der Waals surface area contributed by atoms with E-state index in [0.29, 0.717) is 47.5 Å². The molecule has 4 rings (SSSR count). The molecule has 1 aliphatic rings. The van der Waals surface area contributed by atoms with Crippen molar-refractivity contribution in [1.29, 1.82) is 0 Å². The molecule has 36 heavy (non-hydrogen) atoms. The van der Waals surface area contributed by atoms with Crippen molar-refractivity contribution in [1.82, 2.24) is 14.2 Å². The molecule has 0 saturated carbocycles. The van der Waals surface area contributed by atoms with Crippen LogP contribution in [0.1, 0.15) is 32.3 Å². The molecule has 3 aromatic rings. The van der Waals surface area contributed by atoms with Gasteiger partial charge in [0.25, 0.3) is 6.01 Å². The number of sulfonamides is 1. The molecule has 0 unspecified atom stereocenters. The molecule has 0 spiro atoms. The lowest BCUT2D eigenvalue weighted by molar-refractivity contribution is 0.209. The van der Waals surface area contributed by atoms with Crippen LogP contribution in [0.25, 0.3) is 11.1 Å². The monoisotopic (exact) mass is 517 g/mol. The van der Waals surface area contributed by atoms with Gasteiger partial charge >= 0.3 is 0 Å². The van der Waals surface area contributed by atoms with E-state index >= 15 is 0 Å². The van der Waals surface area contributed by atoms with Crippen molar-refractivity contribution in [3.05, 3.63) is 35.9 Å². The number of nitrogens with zero attached hydrogens (tertiary/aromatic N) is 3. The fourth-order valence-electron chi connectivity index (χ4n) is 4.30. The number of rotatable bonds is 10. The van der Waals surface area contributed by atoms with Crippen molar-refractivity contribution in [2.24, 2.45) is 0 Å². The number of benzene rings is 2. The van der Waals surface area contributed by atoms with Gasteiger partial charge in [-0.1, -0.05) is 0 Å². The number of nitrogens with one attached hydrogen (secondary N) is 1. The highest BCUT2D eigenvalue weighted by Gasteiger charge is 2.23.